The lowest BCUT2D eigenvalue weighted by atomic mass is 10.1. The molecule has 0 bridgehead atoms. The summed E-state index contributed by atoms with van der Waals surface area (Å²) in [5, 5.41) is 8.63. The Labute approximate surface area is 132 Å². The van der Waals surface area contributed by atoms with E-state index in [1.165, 1.54) is 11.1 Å². The Kier molecular flexibility index (Phi) is 5.99. The summed E-state index contributed by atoms with van der Waals surface area (Å²) in [5.41, 5.74) is 2.48. The van der Waals surface area contributed by atoms with E-state index in [1.54, 1.807) is 0 Å². The van der Waals surface area contributed by atoms with E-state index in [4.69, 9.17) is 5.11 Å². The van der Waals surface area contributed by atoms with Crippen LogP contribution in [0.3, 0.4) is 0 Å². The van der Waals surface area contributed by atoms with Crippen LogP contribution in [0.5, 0.6) is 0 Å². The van der Waals surface area contributed by atoms with Crippen LogP contribution >= 0.6 is 0 Å². The van der Waals surface area contributed by atoms with Crippen molar-refractivity contribution in [3.63, 3.8) is 0 Å². The molecule has 1 aliphatic rings. The van der Waals surface area contributed by atoms with E-state index >= 15 is 0 Å². The van der Waals surface area contributed by atoms with Gasteiger partial charge in [0, 0.05) is 25.4 Å². The first-order chi connectivity index (χ1) is 10.6. The topological polar surface area (TPSA) is 57.6 Å². The standard InChI is InChI=1S/C18H25NO3/c1-2-14-7-9-15(10-8-14)13-19(16-11-12-16)17(20)5-3-4-6-18(21)22/h7-10,16H,2-6,11-13H2,1H3,(H,21,22). The third-order valence-corrected chi connectivity index (χ3v) is 4.12. The van der Waals surface area contributed by atoms with Crippen LogP contribution in [-0.2, 0) is 22.6 Å². The largest absolute Gasteiger partial charge is 0.481 e. The van der Waals surface area contributed by atoms with Gasteiger partial charge in [0.1, 0.15) is 0 Å². The Morgan fingerprint density at radius 1 is 1.09 bits per heavy atom. The summed E-state index contributed by atoms with van der Waals surface area (Å²) in [6.45, 7) is 2.80. The molecule has 0 unspecified atom stereocenters. The number of rotatable bonds is 9. The van der Waals surface area contributed by atoms with Crippen molar-refractivity contribution in [2.75, 3.05) is 0 Å². The van der Waals surface area contributed by atoms with Crippen molar-refractivity contribution in [1.82, 2.24) is 4.90 Å². The van der Waals surface area contributed by atoms with Gasteiger partial charge in [-0.15, -0.1) is 0 Å². The van der Waals surface area contributed by atoms with E-state index in [1.807, 2.05) is 4.90 Å². The van der Waals surface area contributed by atoms with E-state index in [0.717, 1.165) is 19.3 Å². The number of amides is 1. The molecular formula is C18H25NO3. The van der Waals surface area contributed by atoms with Gasteiger partial charge in [-0.25, -0.2) is 0 Å². The Balaban J connectivity index is 1.86. The van der Waals surface area contributed by atoms with Crippen LogP contribution in [0.1, 0.15) is 56.6 Å². The van der Waals surface area contributed by atoms with Gasteiger partial charge < -0.3 is 10.0 Å². The fourth-order valence-electron chi connectivity index (χ4n) is 2.58. The minimum absolute atomic E-state index is 0.148. The van der Waals surface area contributed by atoms with E-state index < -0.39 is 5.97 Å². The van der Waals surface area contributed by atoms with Crippen molar-refractivity contribution < 1.29 is 14.7 Å². The van der Waals surface area contributed by atoms with Crippen molar-refractivity contribution in [2.45, 2.75) is 64.5 Å². The number of carbonyl (C=O) groups excluding carboxylic acids is 1. The number of aliphatic carboxylic acids is 1. The SMILES string of the molecule is CCc1ccc(CN(C(=O)CCCCC(=O)O)C2CC2)cc1. The fourth-order valence-corrected chi connectivity index (χ4v) is 2.58. The predicted octanol–water partition coefficient (Wildman–Crippen LogP) is 3.39. The summed E-state index contributed by atoms with van der Waals surface area (Å²) >= 11 is 0. The van der Waals surface area contributed by atoms with Crippen molar-refractivity contribution >= 4 is 11.9 Å². The van der Waals surface area contributed by atoms with Gasteiger partial charge >= 0.3 is 5.97 Å². The second kappa shape index (κ2) is 7.97. The van der Waals surface area contributed by atoms with Crippen molar-refractivity contribution in [1.29, 1.82) is 0 Å². The highest BCUT2D eigenvalue weighted by Crippen LogP contribution is 2.29. The molecule has 1 N–H and O–H groups in total. The third kappa shape index (κ3) is 5.17. The zero-order chi connectivity index (χ0) is 15.9. The first kappa shape index (κ1) is 16.5. The monoisotopic (exact) mass is 303 g/mol. The third-order valence-electron chi connectivity index (χ3n) is 4.12. The number of hydrogen-bond donors (Lipinski definition) is 1. The normalized spacial score (nSPS) is 13.9. The maximum absolute atomic E-state index is 12.4. The van der Waals surface area contributed by atoms with Crippen LogP contribution in [0.2, 0.25) is 0 Å². The van der Waals surface area contributed by atoms with Gasteiger partial charge in [-0.1, -0.05) is 31.2 Å². The Bertz CT molecular complexity index is 506. The first-order valence-corrected chi connectivity index (χ1v) is 8.19. The number of carboxylic acids is 1. The highest BCUT2D eigenvalue weighted by atomic mass is 16.4. The molecule has 1 aromatic carbocycles. The Morgan fingerprint density at radius 2 is 1.68 bits per heavy atom. The average Bonchev–Trinajstić information content (AvgIpc) is 3.34. The molecule has 0 radical (unpaired) electrons. The smallest absolute Gasteiger partial charge is 0.303 e. The Morgan fingerprint density at radius 3 is 2.23 bits per heavy atom. The van der Waals surface area contributed by atoms with E-state index in [9.17, 15) is 9.59 Å². The summed E-state index contributed by atoms with van der Waals surface area (Å²) in [5.74, 6) is -0.630. The molecule has 22 heavy (non-hydrogen) atoms. The molecule has 4 nitrogen and oxygen atoms in total. The molecule has 1 amide bonds. The van der Waals surface area contributed by atoms with Gasteiger partial charge in [-0.2, -0.15) is 0 Å². The van der Waals surface area contributed by atoms with Gasteiger partial charge in [0.25, 0.3) is 0 Å². The highest BCUT2D eigenvalue weighted by molar-refractivity contribution is 5.77. The van der Waals surface area contributed by atoms with Gasteiger partial charge in [-0.05, 0) is 43.2 Å². The minimum Gasteiger partial charge on any atom is -0.481 e. The van der Waals surface area contributed by atoms with Gasteiger partial charge in [0.05, 0.1) is 0 Å². The summed E-state index contributed by atoms with van der Waals surface area (Å²) in [6.07, 6.45) is 5.04. The van der Waals surface area contributed by atoms with Crippen molar-refractivity contribution in [2.24, 2.45) is 0 Å². The lowest BCUT2D eigenvalue weighted by Gasteiger charge is -2.23. The van der Waals surface area contributed by atoms with Crippen LogP contribution in [0, 0.1) is 0 Å². The number of carbonyl (C=O) groups is 2. The number of hydrogen-bond acceptors (Lipinski definition) is 2. The number of unbranched alkanes of at least 4 members (excludes halogenated alkanes) is 1. The van der Waals surface area contributed by atoms with Crippen LogP contribution in [0.25, 0.3) is 0 Å². The molecule has 2 rings (SSSR count). The molecule has 0 spiro atoms. The molecule has 4 heteroatoms. The molecule has 1 aliphatic carbocycles. The number of aryl methyl sites for hydroxylation is 1. The second-order valence-electron chi connectivity index (χ2n) is 6.02. The summed E-state index contributed by atoms with van der Waals surface area (Å²) < 4.78 is 0. The summed E-state index contributed by atoms with van der Waals surface area (Å²) in [4.78, 5) is 24.8. The average molecular weight is 303 g/mol. The summed E-state index contributed by atoms with van der Waals surface area (Å²) in [7, 11) is 0. The van der Waals surface area contributed by atoms with E-state index in [2.05, 4.69) is 31.2 Å². The number of carboxylic acid groups (broad SMARTS) is 1. The molecular weight excluding hydrogens is 278 g/mol. The molecule has 1 fully saturated rings. The van der Waals surface area contributed by atoms with Crippen LogP contribution in [-0.4, -0.2) is 27.9 Å². The number of nitrogens with zero attached hydrogens (tertiary/aromatic N) is 1. The van der Waals surface area contributed by atoms with E-state index in [-0.39, 0.29) is 12.3 Å². The maximum Gasteiger partial charge on any atom is 0.303 e. The molecule has 0 saturated heterocycles. The highest BCUT2D eigenvalue weighted by Gasteiger charge is 2.32. The van der Waals surface area contributed by atoms with Gasteiger partial charge in [-0.3, -0.25) is 9.59 Å². The molecule has 0 aromatic heterocycles. The zero-order valence-electron chi connectivity index (χ0n) is 13.3. The van der Waals surface area contributed by atoms with Gasteiger partial charge in [0.15, 0.2) is 0 Å². The second-order valence-corrected chi connectivity index (χ2v) is 6.02. The van der Waals surface area contributed by atoms with Gasteiger partial charge in [0.2, 0.25) is 5.91 Å². The molecule has 0 atom stereocenters. The van der Waals surface area contributed by atoms with Crippen LogP contribution in [0.4, 0.5) is 0 Å². The quantitative estimate of drug-likeness (QED) is 0.711. The van der Waals surface area contributed by atoms with E-state index in [0.29, 0.717) is 31.8 Å². The predicted molar refractivity (Wildman–Crippen MR) is 85.5 cm³/mol. The molecule has 120 valence electrons. The fraction of sp³-hybridized carbons (Fsp3) is 0.556. The number of benzene rings is 1. The minimum atomic E-state index is -0.789. The lowest BCUT2D eigenvalue weighted by molar-refractivity contribution is -0.137. The Hall–Kier alpha value is -1.84. The first-order valence-electron chi connectivity index (χ1n) is 8.19. The molecule has 0 aliphatic heterocycles. The summed E-state index contributed by atoms with van der Waals surface area (Å²) in [6, 6.07) is 8.84. The lowest BCUT2D eigenvalue weighted by Crippen LogP contribution is -2.32. The van der Waals surface area contributed by atoms with Crippen molar-refractivity contribution in [3.8, 4) is 0 Å². The van der Waals surface area contributed by atoms with Crippen LogP contribution in [0.15, 0.2) is 24.3 Å². The zero-order valence-corrected chi connectivity index (χ0v) is 13.3. The van der Waals surface area contributed by atoms with Crippen molar-refractivity contribution in [3.05, 3.63) is 35.4 Å². The molecule has 1 saturated carbocycles. The molecule has 1 aromatic rings. The maximum atomic E-state index is 12.4. The van der Waals surface area contributed by atoms with Crippen LogP contribution < -0.4 is 0 Å². The molecule has 0 heterocycles.